The van der Waals surface area contributed by atoms with Gasteiger partial charge in [-0.1, -0.05) is 0 Å². The highest BCUT2D eigenvalue weighted by molar-refractivity contribution is 7.71. The molecule has 0 atom stereocenters. The summed E-state index contributed by atoms with van der Waals surface area (Å²) in [6, 6.07) is 7.58. The molecule has 0 bridgehead atoms. The van der Waals surface area contributed by atoms with Crippen LogP contribution in [0.3, 0.4) is 0 Å². The van der Waals surface area contributed by atoms with Gasteiger partial charge in [0.2, 0.25) is 5.91 Å². The fourth-order valence-corrected chi connectivity index (χ4v) is 2.53. The number of methoxy groups -OCH3 is 1. The van der Waals surface area contributed by atoms with Gasteiger partial charge in [-0.05, 0) is 56.4 Å². The van der Waals surface area contributed by atoms with E-state index in [4.69, 9.17) is 26.1 Å². The Balaban J connectivity index is 1.50. The molecule has 0 spiro atoms. The van der Waals surface area contributed by atoms with Gasteiger partial charge in [0, 0.05) is 6.04 Å². The highest BCUT2D eigenvalue weighted by Crippen LogP contribution is 2.19. The smallest absolute Gasteiger partial charge is 0.288 e. The zero-order valence-corrected chi connectivity index (χ0v) is 15.6. The van der Waals surface area contributed by atoms with Crippen molar-refractivity contribution in [2.45, 2.75) is 32.2 Å². The lowest BCUT2D eigenvalue weighted by Gasteiger charge is -2.15. The predicted molar refractivity (Wildman–Crippen MR) is 96.4 cm³/mol. The van der Waals surface area contributed by atoms with Gasteiger partial charge in [0.25, 0.3) is 10.7 Å². The molecule has 1 fully saturated rings. The number of carbonyl (C=O) groups excluding carboxylic acids is 1. The zero-order valence-electron chi connectivity index (χ0n) is 14.8. The van der Waals surface area contributed by atoms with E-state index >= 15 is 0 Å². The molecule has 2 aromatic rings. The summed E-state index contributed by atoms with van der Waals surface area (Å²) in [5, 5.41) is 7.25. The van der Waals surface area contributed by atoms with Gasteiger partial charge in [0.1, 0.15) is 11.5 Å². The van der Waals surface area contributed by atoms with Crippen molar-refractivity contribution < 1.29 is 18.7 Å². The normalized spacial score (nSPS) is 13.7. The first-order chi connectivity index (χ1) is 12.5. The number of ether oxygens (including phenoxy) is 2. The first-order valence-corrected chi connectivity index (χ1v) is 8.76. The van der Waals surface area contributed by atoms with Gasteiger partial charge in [-0.15, -0.1) is 5.10 Å². The quantitative estimate of drug-likeness (QED) is 0.668. The van der Waals surface area contributed by atoms with Gasteiger partial charge in [0.05, 0.1) is 20.3 Å². The van der Waals surface area contributed by atoms with Crippen molar-refractivity contribution >= 4 is 18.1 Å². The average Bonchev–Trinajstić information content (AvgIpc) is 3.36. The fraction of sp³-hybridized carbons (Fsp3) is 0.471. The summed E-state index contributed by atoms with van der Waals surface area (Å²) in [7, 11) is 3.44. The topological polar surface area (TPSA) is 81.8 Å². The lowest BCUT2D eigenvalue weighted by Crippen LogP contribution is -2.37. The third kappa shape index (κ3) is 5.30. The van der Waals surface area contributed by atoms with Crippen LogP contribution in [-0.4, -0.2) is 47.3 Å². The largest absolute Gasteiger partial charge is 0.497 e. The van der Waals surface area contributed by atoms with Crippen LogP contribution in [0.1, 0.15) is 18.7 Å². The molecule has 1 aliphatic rings. The SMILES string of the molecule is COc1ccc(OCc2nn(CN(C)CC(=O)NC3CC3)c(=S)o2)cc1. The Morgan fingerprint density at radius 3 is 2.73 bits per heavy atom. The van der Waals surface area contributed by atoms with Crippen molar-refractivity contribution in [3.63, 3.8) is 0 Å². The summed E-state index contributed by atoms with van der Waals surface area (Å²) < 4.78 is 17.7. The molecule has 0 aliphatic heterocycles. The standard InChI is InChI=1S/C17H22N4O4S/c1-20(9-15(22)18-12-3-4-12)11-21-17(26)25-16(19-21)10-24-14-7-5-13(23-2)6-8-14/h5-8,12H,3-4,9-11H2,1-2H3,(H,18,22). The van der Waals surface area contributed by atoms with Crippen LogP contribution < -0.4 is 14.8 Å². The maximum Gasteiger partial charge on any atom is 0.288 e. The van der Waals surface area contributed by atoms with E-state index in [1.165, 1.54) is 4.68 Å². The zero-order chi connectivity index (χ0) is 18.5. The fourth-order valence-electron chi connectivity index (χ4n) is 2.34. The van der Waals surface area contributed by atoms with Crippen molar-refractivity contribution in [1.82, 2.24) is 20.0 Å². The molecular formula is C17H22N4O4S. The molecular weight excluding hydrogens is 356 g/mol. The molecule has 0 unspecified atom stereocenters. The third-order valence-corrected chi connectivity index (χ3v) is 4.10. The van der Waals surface area contributed by atoms with Crippen LogP contribution in [0.25, 0.3) is 0 Å². The first-order valence-electron chi connectivity index (χ1n) is 8.35. The van der Waals surface area contributed by atoms with Crippen LogP contribution in [0.2, 0.25) is 0 Å². The molecule has 0 radical (unpaired) electrons. The Hall–Kier alpha value is -2.39. The number of likely N-dealkylation sites (N-methyl/N-ethyl adjacent to an activating group) is 1. The lowest BCUT2D eigenvalue weighted by atomic mass is 10.3. The van der Waals surface area contributed by atoms with E-state index < -0.39 is 0 Å². The molecule has 1 aliphatic carbocycles. The van der Waals surface area contributed by atoms with Crippen LogP contribution in [0.5, 0.6) is 11.5 Å². The van der Waals surface area contributed by atoms with E-state index in [0.717, 1.165) is 18.6 Å². The minimum atomic E-state index is 0.00748. The Bertz CT molecular complexity index is 798. The average molecular weight is 378 g/mol. The van der Waals surface area contributed by atoms with E-state index in [0.29, 0.717) is 24.4 Å². The predicted octanol–water partition coefficient (Wildman–Crippen LogP) is 1.96. The van der Waals surface area contributed by atoms with E-state index in [2.05, 4.69) is 10.4 Å². The monoisotopic (exact) mass is 378 g/mol. The maximum atomic E-state index is 11.8. The van der Waals surface area contributed by atoms with Crippen LogP contribution >= 0.6 is 12.2 Å². The van der Waals surface area contributed by atoms with Gasteiger partial charge in [-0.2, -0.15) is 0 Å². The Labute approximate surface area is 156 Å². The summed E-state index contributed by atoms with van der Waals surface area (Å²) in [5.41, 5.74) is 0. The summed E-state index contributed by atoms with van der Waals surface area (Å²) in [4.78, 5) is 13.9. The molecule has 0 saturated heterocycles. The number of amides is 1. The van der Waals surface area contributed by atoms with E-state index in [-0.39, 0.29) is 23.9 Å². The molecule has 9 heteroatoms. The van der Waals surface area contributed by atoms with Crippen molar-refractivity contribution in [3.05, 3.63) is 35.0 Å². The summed E-state index contributed by atoms with van der Waals surface area (Å²) >= 11 is 5.18. The second kappa shape index (κ2) is 8.33. The molecule has 1 saturated carbocycles. The van der Waals surface area contributed by atoms with Gasteiger partial charge < -0.3 is 19.2 Å². The second-order valence-corrected chi connectivity index (χ2v) is 6.57. The lowest BCUT2D eigenvalue weighted by molar-refractivity contribution is -0.122. The number of carbonyl (C=O) groups is 1. The molecule has 1 aromatic carbocycles. The summed E-state index contributed by atoms with van der Waals surface area (Å²) in [6.07, 6.45) is 2.14. The molecule has 140 valence electrons. The molecule has 1 N–H and O–H groups in total. The second-order valence-electron chi connectivity index (χ2n) is 6.22. The summed E-state index contributed by atoms with van der Waals surface area (Å²) in [6.45, 7) is 0.806. The van der Waals surface area contributed by atoms with E-state index in [1.54, 1.807) is 19.2 Å². The number of hydrogen-bond acceptors (Lipinski definition) is 7. The molecule has 3 rings (SSSR count). The van der Waals surface area contributed by atoms with Gasteiger partial charge in [-0.3, -0.25) is 9.69 Å². The molecule has 1 heterocycles. The van der Waals surface area contributed by atoms with Crippen molar-refractivity contribution in [2.24, 2.45) is 0 Å². The maximum absolute atomic E-state index is 11.8. The van der Waals surface area contributed by atoms with Crippen molar-refractivity contribution in [2.75, 3.05) is 20.7 Å². The van der Waals surface area contributed by atoms with E-state index in [9.17, 15) is 4.79 Å². The summed E-state index contributed by atoms with van der Waals surface area (Å²) in [5.74, 6) is 1.82. The highest BCUT2D eigenvalue weighted by Gasteiger charge is 2.23. The van der Waals surface area contributed by atoms with Gasteiger partial charge in [-0.25, -0.2) is 4.68 Å². The number of rotatable bonds is 9. The number of benzene rings is 1. The number of nitrogens with zero attached hydrogens (tertiary/aromatic N) is 3. The Morgan fingerprint density at radius 2 is 2.08 bits per heavy atom. The Morgan fingerprint density at radius 1 is 1.38 bits per heavy atom. The minimum absolute atomic E-state index is 0.00748. The molecule has 1 aromatic heterocycles. The first kappa shape index (κ1) is 18.4. The number of nitrogens with one attached hydrogen (secondary N) is 1. The van der Waals surface area contributed by atoms with Gasteiger partial charge in [0.15, 0.2) is 6.61 Å². The van der Waals surface area contributed by atoms with Crippen LogP contribution in [0.15, 0.2) is 28.7 Å². The van der Waals surface area contributed by atoms with Gasteiger partial charge >= 0.3 is 0 Å². The van der Waals surface area contributed by atoms with Crippen molar-refractivity contribution in [3.8, 4) is 11.5 Å². The highest BCUT2D eigenvalue weighted by atomic mass is 32.1. The van der Waals surface area contributed by atoms with Crippen LogP contribution in [-0.2, 0) is 18.1 Å². The van der Waals surface area contributed by atoms with E-state index in [1.807, 2.05) is 24.1 Å². The molecule has 1 amide bonds. The minimum Gasteiger partial charge on any atom is -0.497 e. The molecule has 8 nitrogen and oxygen atoms in total. The molecule has 26 heavy (non-hydrogen) atoms. The van der Waals surface area contributed by atoms with Crippen LogP contribution in [0, 0.1) is 4.84 Å². The van der Waals surface area contributed by atoms with Crippen molar-refractivity contribution in [1.29, 1.82) is 0 Å². The number of hydrogen-bond donors (Lipinski definition) is 1. The number of aromatic nitrogens is 2. The Kier molecular flexibility index (Phi) is 5.89. The third-order valence-electron chi connectivity index (χ3n) is 3.80. The van der Waals surface area contributed by atoms with Crippen LogP contribution in [0.4, 0.5) is 0 Å².